The first-order valence-corrected chi connectivity index (χ1v) is 10.4. The van der Waals surface area contributed by atoms with Gasteiger partial charge in [-0.25, -0.2) is 0 Å². The molecule has 0 aliphatic rings. The summed E-state index contributed by atoms with van der Waals surface area (Å²) in [6, 6.07) is 24.0. The Morgan fingerprint density at radius 2 is 1.73 bits per heavy atom. The second-order valence-corrected chi connectivity index (χ2v) is 7.54. The van der Waals surface area contributed by atoms with Crippen LogP contribution in [0.5, 0.6) is 5.75 Å². The van der Waals surface area contributed by atoms with Crippen molar-refractivity contribution in [2.75, 3.05) is 0 Å². The summed E-state index contributed by atoms with van der Waals surface area (Å²) in [6.07, 6.45) is 3.21. The van der Waals surface area contributed by atoms with Crippen LogP contribution in [0.25, 0.3) is 11.1 Å². The number of hydrogen-bond acceptors (Lipinski definition) is 3. The average Bonchev–Trinajstić information content (AvgIpc) is 2.77. The molecule has 156 valence electrons. The second-order valence-electron chi connectivity index (χ2n) is 7.54. The van der Waals surface area contributed by atoms with E-state index in [0.29, 0.717) is 17.9 Å². The lowest BCUT2D eigenvalue weighted by Crippen LogP contribution is -2.09. The Labute approximate surface area is 178 Å². The van der Waals surface area contributed by atoms with E-state index in [1.54, 1.807) is 6.07 Å². The Morgan fingerprint density at radius 3 is 2.50 bits per heavy atom. The summed E-state index contributed by atoms with van der Waals surface area (Å²) >= 11 is 0. The molecule has 0 aromatic heterocycles. The molecule has 3 aromatic carbocycles. The van der Waals surface area contributed by atoms with E-state index in [4.69, 9.17) is 15.6 Å². The smallest absolute Gasteiger partial charge is 0.307 e. The van der Waals surface area contributed by atoms with Crippen LogP contribution in [-0.2, 0) is 17.8 Å². The van der Waals surface area contributed by atoms with Crippen LogP contribution in [0.3, 0.4) is 0 Å². The monoisotopic (exact) mass is 403 g/mol. The number of para-hydroxylation sites is 1. The summed E-state index contributed by atoms with van der Waals surface area (Å²) in [7, 11) is 0. The fourth-order valence-corrected chi connectivity index (χ4v) is 3.49. The molecule has 0 radical (unpaired) electrons. The zero-order valence-electron chi connectivity index (χ0n) is 17.4. The zero-order chi connectivity index (χ0) is 21.3. The van der Waals surface area contributed by atoms with Crippen LogP contribution in [0.15, 0.2) is 72.8 Å². The first-order chi connectivity index (χ1) is 14.6. The van der Waals surface area contributed by atoms with Crippen LogP contribution >= 0.6 is 0 Å². The number of ether oxygens (including phenoxy) is 1. The maximum Gasteiger partial charge on any atom is 0.307 e. The van der Waals surface area contributed by atoms with E-state index in [1.807, 2.05) is 30.3 Å². The predicted octanol–water partition coefficient (Wildman–Crippen LogP) is 5.75. The lowest BCUT2D eigenvalue weighted by Gasteiger charge is -2.14. The highest BCUT2D eigenvalue weighted by molar-refractivity contribution is 5.71. The summed E-state index contributed by atoms with van der Waals surface area (Å²) in [5, 5.41) is 9.08. The number of hydrogen-bond donors (Lipinski definition) is 2. The molecule has 3 rings (SSSR count). The first kappa shape index (κ1) is 21.6. The quantitative estimate of drug-likeness (QED) is 0.452. The minimum Gasteiger partial charge on any atom is -0.489 e. The number of carboxylic acid groups (broad SMARTS) is 1. The molecule has 0 bridgehead atoms. The van der Waals surface area contributed by atoms with Gasteiger partial charge in [0.2, 0.25) is 0 Å². The Hall–Kier alpha value is -3.11. The van der Waals surface area contributed by atoms with Crippen molar-refractivity contribution in [2.45, 2.75) is 45.3 Å². The molecule has 4 heteroatoms. The van der Waals surface area contributed by atoms with Crippen molar-refractivity contribution >= 4 is 5.97 Å². The van der Waals surface area contributed by atoms with Crippen molar-refractivity contribution in [2.24, 2.45) is 5.73 Å². The third kappa shape index (κ3) is 5.94. The highest BCUT2D eigenvalue weighted by Crippen LogP contribution is 2.26. The van der Waals surface area contributed by atoms with Gasteiger partial charge in [0.05, 0.1) is 6.42 Å². The van der Waals surface area contributed by atoms with Gasteiger partial charge in [0, 0.05) is 11.6 Å². The summed E-state index contributed by atoms with van der Waals surface area (Å²) in [5.74, 6) is -0.265. The molecule has 1 atom stereocenters. The van der Waals surface area contributed by atoms with Gasteiger partial charge in [-0.2, -0.15) is 0 Å². The number of carbonyl (C=O) groups is 1. The molecule has 4 nitrogen and oxygen atoms in total. The molecule has 0 aliphatic heterocycles. The van der Waals surface area contributed by atoms with Gasteiger partial charge in [-0.15, -0.1) is 0 Å². The predicted molar refractivity (Wildman–Crippen MR) is 120 cm³/mol. The number of aliphatic carboxylic acids is 1. The standard InChI is InChI=1S/C26H29NO3/c1-2-3-13-24(27)22-12-7-11-21(16-22)20-10-6-8-19(15-20)18-30-25-14-5-4-9-23(25)17-26(28)29/h4-12,14-16,24H,2-3,13,17-18,27H2,1H3,(H,28,29)/t24-/m1/s1. The van der Waals surface area contributed by atoms with Gasteiger partial charge in [0.1, 0.15) is 12.4 Å². The Balaban J connectivity index is 1.74. The summed E-state index contributed by atoms with van der Waals surface area (Å²) in [5.41, 5.74) is 11.5. The maximum absolute atomic E-state index is 11.1. The first-order valence-electron chi connectivity index (χ1n) is 10.4. The van der Waals surface area contributed by atoms with Gasteiger partial charge in [-0.1, -0.05) is 74.4 Å². The van der Waals surface area contributed by atoms with Crippen LogP contribution in [0.4, 0.5) is 0 Å². The number of rotatable bonds is 10. The molecule has 0 heterocycles. The molecule has 0 saturated carbocycles. The molecule has 0 spiro atoms. The maximum atomic E-state index is 11.1. The van der Waals surface area contributed by atoms with E-state index in [-0.39, 0.29) is 12.5 Å². The van der Waals surface area contributed by atoms with Gasteiger partial charge in [-0.3, -0.25) is 4.79 Å². The van der Waals surface area contributed by atoms with Crippen LogP contribution in [0, 0.1) is 0 Å². The molecule has 0 aliphatic carbocycles. The van der Waals surface area contributed by atoms with E-state index >= 15 is 0 Å². The lowest BCUT2D eigenvalue weighted by atomic mass is 9.96. The third-order valence-electron chi connectivity index (χ3n) is 5.15. The molecule has 0 amide bonds. The Kier molecular flexibility index (Phi) is 7.63. The van der Waals surface area contributed by atoms with Gasteiger partial charge < -0.3 is 15.6 Å². The van der Waals surface area contributed by atoms with E-state index in [1.165, 1.54) is 0 Å². The molecule has 3 N–H and O–H groups in total. The summed E-state index contributed by atoms with van der Waals surface area (Å²) < 4.78 is 5.94. The van der Waals surface area contributed by atoms with Crippen molar-refractivity contribution in [1.82, 2.24) is 0 Å². The highest BCUT2D eigenvalue weighted by atomic mass is 16.5. The van der Waals surface area contributed by atoms with Crippen LogP contribution in [0.1, 0.15) is 48.9 Å². The lowest BCUT2D eigenvalue weighted by molar-refractivity contribution is -0.136. The highest BCUT2D eigenvalue weighted by Gasteiger charge is 2.09. The average molecular weight is 404 g/mol. The summed E-state index contributed by atoms with van der Waals surface area (Å²) in [4.78, 5) is 11.1. The van der Waals surface area contributed by atoms with E-state index in [2.05, 4.69) is 43.3 Å². The number of carboxylic acids is 1. The summed E-state index contributed by atoms with van der Waals surface area (Å²) in [6.45, 7) is 2.55. The van der Waals surface area contributed by atoms with E-state index < -0.39 is 5.97 Å². The van der Waals surface area contributed by atoms with Crippen LogP contribution < -0.4 is 10.5 Å². The van der Waals surface area contributed by atoms with Crippen molar-refractivity contribution in [3.05, 3.63) is 89.5 Å². The van der Waals surface area contributed by atoms with E-state index in [0.717, 1.165) is 41.5 Å². The van der Waals surface area contributed by atoms with Crippen molar-refractivity contribution in [1.29, 1.82) is 0 Å². The van der Waals surface area contributed by atoms with Gasteiger partial charge in [0.25, 0.3) is 0 Å². The minimum atomic E-state index is -0.870. The topological polar surface area (TPSA) is 72.5 Å². The molecular formula is C26H29NO3. The SMILES string of the molecule is CCCC[C@@H](N)c1cccc(-c2cccc(COc3ccccc3CC(=O)O)c2)c1. The van der Waals surface area contributed by atoms with Crippen molar-refractivity contribution < 1.29 is 14.6 Å². The molecule has 30 heavy (non-hydrogen) atoms. The Bertz CT molecular complexity index is 983. The molecular weight excluding hydrogens is 374 g/mol. The molecule has 0 fully saturated rings. The molecule has 0 unspecified atom stereocenters. The second kappa shape index (κ2) is 10.6. The van der Waals surface area contributed by atoms with E-state index in [9.17, 15) is 4.79 Å². The number of benzene rings is 3. The van der Waals surface area contributed by atoms with Gasteiger partial charge >= 0.3 is 5.97 Å². The fraction of sp³-hybridized carbons (Fsp3) is 0.269. The zero-order valence-corrected chi connectivity index (χ0v) is 17.4. The van der Waals surface area contributed by atoms with Crippen LogP contribution in [-0.4, -0.2) is 11.1 Å². The minimum absolute atomic E-state index is 0.0543. The largest absolute Gasteiger partial charge is 0.489 e. The van der Waals surface area contributed by atoms with Crippen molar-refractivity contribution in [3.8, 4) is 16.9 Å². The number of unbranched alkanes of at least 4 members (excludes halogenated alkanes) is 1. The van der Waals surface area contributed by atoms with Gasteiger partial charge in [0.15, 0.2) is 0 Å². The molecule has 3 aromatic rings. The number of nitrogens with two attached hydrogens (primary N) is 1. The normalized spacial score (nSPS) is 11.8. The van der Waals surface area contributed by atoms with Gasteiger partial charge in [-0.05, 0) is 46.9 Å². The van der Waals surface area contributed by atoms with Crippen LogP contribution in [0.2, 0.25) is 0 Å². The van der Waals surface area contributed by atoms with Crippen molar-refractivity contribution in [3.63, 3.8) is 0 Å². The molecule has 0 saturated heterocycles. The Morgan fingerprint density at radius 1 is 1.00 bits per heavy atom. The third-order valence-corrected chi connectivity index (χ3v) is 5.15. The fourth-order valence-electron chi connectivity index (χ4n) is 3.49.